The number of hydrogen-bond donors (Lipinski definition) is 0. The minimum atomic E-state index is -2.48. The molecular weight excluding hydrogens is 209 g/mol. The number of pyridine rings is 1. The summed E-state index contributed by atoms with van der Waals surface area (Å²) in [5, 5.41) is 0. The van der Waals surface area contributed by atoms with Crippen LogP contribution in [0.3, 0.4) is 0 Å². The van der Waals surface area contributed by atoms with Gasteiger partial charge in [-0.3, -0.25) is 9.55 Å². The summed E-state index contributed by atoms with van der Waals surface area (Å²) in [5.41, 5.74) is 0.972. The zero-order valence-corrected chi connectivity index (χ0v) is 10.2. The molecule has 0 aliphatic heterocycles. The molecule has 3 nitrogen and oxygen atoms in total. The summed E-state index contributed by atoms with van der Waals surface area (Å²) in [6, 6.07) is 3.77. The monoisotopic (exact) mass is 227 g/mol. The standard InChI is InChI=1S/C11H18NO2P/c1-3-4-8-14-15(2,13)10-11-6-5-7-12-9-11/h5-7,9H,3-4,8,10H2,1-2H3. The zero-order chi connectivity index (χ0) is 11.1. The lowest BCUT2D eigenvalue weighted by Crippen LogP contribution is -1.95. The van der Waals surface area contributed by atoms with E-state index < -0.39 is 7.37 Å². The minimum Gasteiger partial charge on any atom is -0.328 e. The van der Waals surface area contributed by atoms with Gasteiger partial charge in [0.25, 0.3) is 0 Å². The van der Waals surface area contributed by atoms with Crippen LogP contribution >= 0.6 is 7.37 Å². The molecule has 84 valence electrons. The van der Waals surface area contributed by atoms with Crippen molar-refractivity contribution < 1.29 is 9.09 Å². The van der Waals surface area contributed by atoms with E-state index in [1.807, 2.05) is 12.1 Å². The molecule has 15 heavy (non-hydrogen) atoms. The van der Waals surface area contributed by atoms with Gasteiger partial charge in [-0.1, -0.05) is 19.4 Å². The second-order valence-electron chi connectivity index (χ2n) is 3.72. The van der Waals surface area contributed by atoms with Crippen molar-refractivity contribution in [3.8, 4) is 0 Å². The molecule has 0 aromatic carbocycles. The van der Waals surface area contributed by atoms with Crippen molar-refractivity contribution in [1.29, 1.82) is 0 Å². The lowest BCUT2D eigenvalue weighted by Gasteiger charge is -2.13. The number of nitrogens with zero attached hydrogens (tertiary/aromatic N) is 1. The maximum absolute atomic E-state index is 12.0. The van der Waals surface area contributed by atoms with E-state index in [4.69, 9.17) is 4.52 Å². The highest BCUT2D eigenvalue weighted by Crippen LogP contribution is 2.46. The predicted molar refractivity (Wildman–Crippen MR) is 62.3 cm³/mol. The molecule has 0 N–H and O–H groups in total. The number of rotatable bonds is 6. The van der Waals surface area contributed by atoms with Gasteiger partial charge in [-0.25, -0.2) is 0 Å². The van der Waals surface area contributed by atoms with Gasteiger partial charge >= 0.3 is 0 Å². The lowest BCUT2D eigenvalue weighted by molar-refractivity contribution is 0.308. The molecule has 0 saturated heterocycles. The Labute approximate surface area is 91.3 Å². The molecule has 0 bridgehead atoms. The Kier molecular flexibility index (Phi) is 5.00. The van der Waals surface area contributed by atoms with Crippen LogP contribution in [0.25, 0.3) is 0 Å². The van der Waals surface area contributed by atoms with E-state index in [2.05, 4.69) is 11.9 Å². The first kappa shape index (κ1) is 12.4. The number of unbranched alkanes of at least 4 members (excludes halogenated alkanes) is 1. The van der Waals surface area contributed by atoms with Crippen LogP contribution in [-0.4, -0.2) is 18.3 Å². The summed E-state index contributed by atoms with van der Waals surface area (Å²) in [6.07, 6.45) is 5.95. The fourth-order valence-corrected chi connectivity index (χ4v) is 2.73. The maximum atomic E-state index is 12.0. The molecular formula is C11H18NO2P. The van der Waals surface area contributed by atoms with Gasteiger partial charge in [0.05, 0.1) is 12.8 Å². The number of hydrogen-bond acceptors (Lipinski definition) is 3. The topological polar surface area (TPSA) is 39.2 Å². The highest BCUT2D eigenvalue weighted by atomic mass is 31.2. The van der Waals surface area contributed by atoms with Crippen molar-refractivity contribution in [1.82, 2.24) is 4.98 Å². The summed E-state index contributed by atoms with van der Waals surface area (Å²) in [7, 11) is -2.48. The summed E-state index contributed by atoms with van der Waals surface area (Å²) in [6.45, 7) is 4.37. The second-order valence-corrected chi connectivity index (χ2v) is 6.32. The SMILES string of the molecule is CCCCOP(C)(=O)Cc1cccnc1. The zero-order valence-electron chi connectivity index (χ0n) is 9.35. The van der Waals surface area contributed by atoms with E-state index in [9.17, 15) is 4.57 Å². The molecule has 1 heterocycles. The summed E-state index contributed by atoms with van der Waals surface area (Å²) >= 11 is 0. The molecule has 0 amide bonds. The van der Waals surface area contributed by atoms with Gasteiger partial charge in [-0.15, -0.1) is 0 Å². The Balaban J connectivity index is 2.46. The molecule has 4 heteroatoms. The molecule has 0 radical (unpaired) electrons. The first-order valence-corrected chi connectivity index (χ1v) is 7.50. The first-order valence-electron chi connectivity index (χ1n) is 5.24. The lowest BCUT2D eigenvalue weighted by atomic mass is 10.3. The van der Waals surface area contributed by atoms with Gasteiger partial charge < -0.3 is 4.52 Å². The van der Waals surface area contributed by atoms with Crippen molar-refractivity contribution in [3.05, 3.63) is 30.1 Å². The third-order valence-electron chi connectivity index (χ3n) is 2.05. The van der Waals surface area contributed by atoms with Gasteiger partial charge in [-0.05, 0) is 18.1 Å². The van der Waals surface area contributed by atoms with Crippen molar-refractivity contribution >= 4 is 7.37 Å². The van der Waals surface area contributed by atoms with Gasteiger partial charge in [0.1, 0.15) is 0 Å². The molecule has 1 rings (SSSR count). The predicted octanol–water partition coefficient (Wildman–Crippen LogP) is 3.31. The van der Waals surface area contributed by atoms with Crippen molar-refractivity contribution in [3.63, 3.8) is 0 Å². The average Bonchev–Trinajstić information content (AvgIpc) is 2.18. The summed E-state index contributed by atoms with van der Waals surface area (Å²) in [5.74, 6) is 0. The van der Waals surface area contributed by atoms with Gasteiger partial charge in [-0.2, -0.15) is 0 Å². The van der Waals surface area contributed by atoms with Crippen LogP contribution in [0.15, 0.2) is 24.5 Å². The molecule has 1 aromatic rings. The third kappa shape index (κ3) is 5.10. The van der Waals surface area contributed by atoms with E-state index in [0.29, 0.717) is 12.8 Å². The summed E-state index contributed by atoms with van der Waals surface area (Å²) < 4.78 is 17.4. The largest absolute Gasteiger partial charge is 0.328 e. The van der Waals surface area contributed by atoms with Crippen LogP contribution in [0.1, 0.15) is 25.3 Å². The highest BCUT2D eigenvalue weighted by Gasteiger charge is 2.16. The molecule has 1 unspecified atom stereocenters. The Bertz CT molecular complexity index is 327. The van der Waals surface area contributed by atoms with Crippen LogP contribution < -0.4 is 0 Å². The Hall–Kier alpha value is -0.660. The van der Waals surface area contributed by atoms with E-state index in [1.165, 1.54) is 0 Å². The molecule has 0 aliphatic rings. The van der Waals surface area contributed by atoms with Gasteiger partial charge in [0.15, 0.2) is 0 Å². The molecule has 0 aliphatic carbocycles. The van der Waals surface area contributed by atoms with E-state index >= 15 is 0 Å². The Morgan fingerprint density at radius 3 is 2.93 bits per heavy atom. The third-order valence-corrected chi connectivity index (χ3v) is 3.72. The first-order chi connectivity index (χ1) is 7.14. The highest BCUT2D eigenvalue weighted by molar-refractivity contribution is 7.57. The normalized spacial score (nSPS) is 14.8. The second kappa shape index (κ2) is 6.04. The van der Waals surface area contributed by atoms with E-state index in [-0.39, 0.29) is 0 Å². The van der Waals surface area contributed by atoms with Gasteiger partial charge in [0.2, 0.25) is 7.37 Å². The minimum absolute atomic E-state index is 0.477. The van der Waals surface area contributed by atoms with E-state index in [0.717, 1.165) is 18.4 Å². The molecule has 1 aromatic heterocycles. The Morgan fingerprint density at radius 1 is 1.53 bits per heavy atom. The van der Waals surface area contributed by atoms with Crippen LogP contribution in [0.5, 0.6) is 0 Å². The number of aromatic nitrogens is 1. The molecule has 0 spiro atoms. The smallest absolute Gasteiger partial charge is 0.204 e. The quantitative estimate of drug-likeness (QED) is 0.553. The van der Waals surface area contributed by atoms with Crippen LogP contribution in [-0.2, 0) is 15.3 Å². The fraction of sp³-hybridized carbons (Fsp3) is 0.545. The van der Waals surface area contributed by atoms with E-state index in [1.54, 1.807) is 19.1 Å². The maximum Gasteiger partial charge on any atom is 0.204 e. The molecule has 0 fully saturated rings. The van der Waals surface area contributed by atoms with Crippen molar-refractivity contribution in [2.75, 3.05) is 13.3 Å². The van der Waals surface area contributed by atoms with Crippen LogP contribution in [0.2, 0.25) is 0 Å². The molecule has 0 saturated carbocycles. The van der Waals surface area contributed by atoms with Crippen molar-refractivity contribution in [2.24, 2.45) is 0 Å². The van der Waals surface area contributed by atoms with Crippen molar-refractivity contribution in [2.45, 2.75) is 25.9 Å². The fourth-order valence-electron chi connectivity index (χ4n) is 1.27. The van der Waals surface area contributed by atoms with Crippen LogP contribution in [0.4, 0.5) is 0 Å². The van der Waals surface area contributed by atoms with Gasteiger partial charge in [0, 0.05) is 19.1 Å². The molecule has 1 atom stereocenters. The Morgan fingerprint density at radius 2 is 2.33 bits per heavy atom. The average molecular weight is 227 g/mol. The summed E-state index contributed by atoms with van der Waals surface area (Å²) in [4.78, 5) is 3.99. The van der Waals surface area contributed by atoms with Crippen LogP contribution in [0, 0.1) is 0 Å².